The Bertz CT molecular complexity index is 482. The number of carboxylic acids is 1. The third-order valence-corrected chi connectivity index (χ3v) is 4.54. The van der Waals surface area contributed by atoms with Crippen LogP contribution in [0.2, 0.25) is 0 Å². The van der Waals surface area contributed by atoms with Crippen LogP contribution in [0.1, 0.15) is 49.1 Å². The summed E-state index contributed by atoms with van der Waals surface area (Å²) >= 11 is 0. The zero-order valence-electron chi connectivity index (χ0n) is 11.9. The molecule has 20 heavy (non-hydrogen) atoms. The van der Waals surface area contributed by atoms with Crippen molar-refractivity contribution in [2.24, 2.45) is 5.92 Å². The number of rotatable bonds is 6. The van der Waals surface area contributed by atoms with E-state index in [2.05, 4.69) is 29.2 Å². The van der Waals surface area contributed by atoms with Gasteiger partial charge in [-0.2, -0.15) is 0 Å². The van der Waals surface area contributed by atoms with Crippen molar-refractivity contribution in [2.45, 2.75) is 44.6 Å². The number of likely N-dealkylation sites (tertiary alicyclic amines) is 1. The number of hydrogen-bond acceptors (Lipinski definition) is 2. The van der Waals surface area contributed by atoms with Crippen LogP contribution in [0.3, 0.4) is 0 Å². The fourth-order valence-corrected chi connectivity index (χ4v) is 3.24. The van der Waals surface area contributed by atoms with Crippen molar-refractivity contribution >= 4 is 5.97 Å². The fraction of sp³-hybridized carbons (Fsp3) is 0.588. The summed E-state index contributed by atoms with van der Waals surface area (Å²) in [6, 6.07) is 9.01. The summed E-state index contributed by atoms with van der Waals surface area (Å²) in [5.41, 5.74) is 2.91. The number of carbonyl (C=O) groups is 1. The molecule has 1 saturated carbocycles. The monoisotopic (exact) mass is 273 g/mol. The van der Waals surface area contributed by atoms with E-state index in [1.165, 1.54) is 24.0 Å². The molecule has 0 spiro atoms. The lowest BCUT2D eigenvalue weighted by Gasteiger charge is -2.16. The second-order valence-corrected chi connectivity index (χ2v) is 6.34. The first-order valence-electron chi connectivity index (χ1n) is 7.73. The molecule has 0 bridgehead atoms. The second-order valence-electron chi connectivity index (χ2n) is 6.34. The molecule has 2 fully saturated rings. The molecular weight excluding hydrogens is 250 g/mol. The molecule has 0 radical (unpaired) electrons. The van der Waals surface area contributed by atoms with Crippen molar-refractivity contribution < 1.29 is 9.90 Å². The van der Waals surface area contributed by atoms with Crippen molar-refractivity contribution in [3.63, 3.8) is 0 Å². The molecule has 1 heterocycles. The van der Waals surface area contributed by atoms with Gasteiger partial charge in [0.1, 0.15) is 0 Å². The highest BCUT2D eigenvalue weighted by Crippen LogP contribution is 2.40. The fourth-order valence-electron chi connectivity index (χ4n) is 3.24. The molecule has 1 N–H and O–H groups in total. The van der Waals surface area contributed by atoms with Crippen LogP contribution in [0.5, 0.6) is 0 Å². The van der Waals surface area contributed by atoms with Crippen LogP contribution in [0.25, 0.3) is 0 Å². The molecular formula is C17H23NO2. The number of benzene rings is 1. The lowest BCUT2D eigenvalue weighted by Crippen LogP contribution is -2.20. The van der Waals surface area contributed by atoms with E-state index in [1.807, 2.05) is 0 Å². The normalized spacial score (nSPS) is 23.1. The van der Waals surface area contributed by atoms with Crippen LogP contribution in [0, 0.1) is 5.92 Å². The molecule has 108 valence electrons. The smallest absolute Gasteiger partial charge is 0.303 e. The van der Waals surface area contributed by atoms with Gasteiger partial charge in [-0.05, 0) is 55.2 Å². The van der Waals surface area contributed by atoms with Crippen molar-refractivity contribution in [3.8, 4) is 0 Å². The Kier molecular flexibility index (Phi) is 4.06. The summed E-state index contributed by atoms with van der Waals surface area (Å²) in [6.45, 7) is 3.18. The summed E-state index contributed by atoms with van der Waals surface area (Å²) in [6.07, 6.45) is 4.99. The van der Waals surface area contributed by atoms with E-state index >= 15 is 0 Å². The van der Waals surface area contributed by atoms with Crippen LogP contribution in [-0.4, -0.2) is 29.1 Å². The van der Waals surface area contributed by atoms with Gasteiger partial charge < -0.3 is 5.11 Å². The third-order valence-electron chi connectivity index (χ3n) is 4.54. The Morgan fingerprint density at radius 2 is 2.15 bits per heavy atom. The molecule has 0 amide bonds. The number of carboxylic acid groups (broad SMARTS) is 1. The van der Waals surface area contributed by atoms with Crippen molar-refractivity contribution in [3.05, 3.63) is 35.4 Å². The summed E-state index contributed by atoms with van der Waals surface area (Å²) in [7, 11) is 0. The molecule has 1 aromatic rings. The average molecular weight is 273 g/mol. The minimum absolute atomic E-state index is 0.315. The first-order valence-corrected chi connectivity index (χ1v) is 7.73. The van der Waals surface area contributed by atoms with Gasteiger partial charge in [0.15, 0.2) is 0 Å². The summed E-state index contributed by atoms with van der Waals surface area (Å²) in [5, 5.41) is 8.75. The summed E-state index contributed by atoms with van der Waals surface area (Å²) < 4.78 is 0. The Balaban J connectivity index is 1.51. The standard InChI is InChI=1S/C17H23NO2/c19-17(20)7-4-13-8-9-18(11-13)12-14-2-1-3-16(10-14)15-5-6-15/h1-3,10,13,15H,4-9,11-12H2,(H,19,20). The van der Waals surface area contributed by atoms with E-state index in [0.29, 0.717) is 12.3 Å². The van der Waals surface area contributed by atoms with E-state index in [1.54, 1.807) is 0 Å². The van der Waals surface area contributed by atoms with Gasteiger partial charge in [-0.15, -0.1) is 0 Å². The third kappa shape index (κ3) is 3.60. The Morgan fingerprint density at radius 1 is 1.30 bits per heavy atom. The Hall–Kier alpha value is -1.35. The molecule has 3 rings (SSSR count). The van der Waals surface area contributed by atoms with Gasteiger partial charge in [-0.1, -0.05) is 24.3 Å². The molecule has 3 nitrogen and oxygen atoms in total. The van der Waals surface area contributed by atoms with Gasteiger partial charge >= 0.3 is 5.97 Å². The highest BCUT2D eigenvalue weighted by atomic mass is 16.4. The second kappa shape index (κ2) is 5.96. The van der Waals surface area contributed by atoms with Crippen molar-refractivity contribution in [1.82, 2.24) is 4.90 Å². The molecule has 2 aliphatic rings. The highest BCUT2D eigenvalue weighted by Gasteiger charge is 2.25. The molecule has 1 aliphatic heterocycles. The van der Waals surface area contributed by atoms with E-state index < -0.39 is 5.97 Å². The zero-order chi connectivity index (χ0) is 13.9. The number of nitrogens with zero attached hydrogens (tertiary/aromatic N) is 1. The predicted octanol–water partition coefficient (Wildman–Crippen LogP) is 3.25. The number of aliphatic carboxylic acids is 1. The van der Waals surface area contributed by atoms with Crippen LogP contribution in [-0.2, 0) is 11.3 Å². The maximum absolute atomic E-state index is 10.6. The molecule has 1 aliphatic carbocycles. The van der Waals surface area contributed by atoms with Gasteiger partial charge in [0.25, 0.3) is 0 Å². The first kappa shape index (κ1) is 13.6. The predicted molar refractivity (Wildman–Crippen MR) is 78.7 cm³/mol. The lowest BCUT2D eigenvalue weighted by atomic mass is 10.0. The van der Waals surface area contributed by atoms with Gasteiger partial charge in [-0.3, -0.25) is 9.69 Å². The van der Waals surface area contributed by atoms with E-state index in [4.69, 9.17) is 5.11 Å². The SMILES string of the molecule is O=C(O)CCC1CCN(Cc2cccc(C3CC3)c2)C1. The van der Waals surface area contributed by atoms with Crippen molar-refractivity contribution in [1.29, 1.82) is 0 Å². The van der Waals surface area contributed by atoms with Crippen molar-refractivity contribution in [2.75, 3.05) is 13.1 Å². The average Bonchev–Trinajstić information content (AvgIpc) is 3.19. The van der Waals surface area contributed by atoms with E-state index in [-0.39, 0.29) is 0 Å². The lowest BCUT2D eigenvalue weighted by molar-refractivity contribution is -0.137. The Labute approximate surface area is 120 Å². The minimum atomic E-state index is -0.666. The van der Waals surface area contributed by atoms with Gasteiger partial charge in [-0.25, -0.2) is 0 Å². The molecule has 0 aromatic heterocycles. The highest BCUT2D eigenvalue weighted by molar-refractivity contribution is 5.66. The minimum Gasteiger partial charge on any atom is -0.481 e. The van der Waals surface area contributed by atoms with Crippen LogP contribution < -0.4 is 0 Å². The molecule has 1 saturated heterocycles. The quantitative estimate of drug-likeness (QED) is 0.865. The molecule has 1 unspecified atom stereocenters. The molecule has 1 atom stereocenters. The zero-order valence-corrected chi connectivity index (χ0v) is 11.9. The van der Waals surface area contributed by atoms with Gasteiger partial charge in [0, 0.05) is 19.5 Å². The van der Waals surface area contributed by atoms with Crippen LogP contribution in [0.4, 0.5) is 0 Å². The van der Waals surface area contributed by atoms with Crippen LogP contribution >= 0.6 is 0 Å². The maximum Gasteiger partial charge on any atom is 0.303 e. The summed E-state index contributed by atoms with van der Waals surface area (Å²) in [5.74, 6) is 0.718. The van der Waals surface area contributed by atoms with E-state index in [0.717, 1.165) is 38.4 Å². The Morgan fingerprint density at radius 3 is 2.90 bits per heavy atom. The topological polar surface area (TPSA) is 40.5 Å². The summed E-state index contributed by atoms with van der Waals surface area (Å²) in [4.78, 5) is 13.1. The maximum atomic E-state index is 10.6. The van der Waals surface area contributed by atoms with Gasteiger partial charge in [0.2, 0.25) is 0 Å². The molecule has 1 aromatic carbocycles. The first-order chi connectivity index (χ1) is 9.70. The molecule has 3 heteroatoms. The van der Waals surface area contributed by atoms with E-state index in [9.17, 15) is 4.79 Å². The largest absolute Gasteiger partial charge is 0.481 e. The van der Waals surface area contributed by atoms with Gasteiger partial charge in [0.05, 0.1) is 0 Å². The van der Waals surface area contributed by atoms with Crippen LogP contribution in [0.15, 0.2) is 24.3 Å². The number of hydrogen-bond donors (Lipinski definition) is 1.